The molecule has 2 aromatic heterocycles. The van der Waals surface area contributed by atoms with Gasteiger partial charge in [0.05, 0.1) is 23.3 Å². The lowest BCUT2D eigenvalue weighted by molar-refractivity contribution is 0.0744. The van der Waals surface area contributed by atoms with Crippen LogP contribution in [-0.2, 0) is 0 Å². The predicted molar refractivity (Wildman–Crippen MR) is 74.5 cm³/mol. The molecule has 106 valence electrons. The summed E-state index contributed by atoms with van der Waals surface area (Å²) in [5, 5.41) is 13.5. The number of hydrogen-bond donors (Lipinski definition) is 1. The van der Waals surface area contributed by atoms with E-state index in [1.807, 2.05) is 0 Å². The van der Waals surface area contributed by atoms with Crippen molar-refractivity contribution >= 4 is 17.0 Å². The molecule has 0 atom stereocenters. The van der Waals surface area contributed by atoms with Gasteiger partial charge in [-0.3, -0.25) is 4.79 Å². The molecule has 0 saturated heterocycles. The van der Waals surface area contributed by atoms with E-state index in [4.69, 9.17) is 9.63 Å². The fraction of sp³-hybridized carbons (Fsp3) is 0.357. The molecule has 20 heavy (non-hydrogen) atoms. The summed E-state index contributed by atoms with van der Waals surface area (Å²) in [6.45, 7) is 7.70. The van der Waals surface area contributed by atoms with Crippen molar-refractivity contribution in [3.8, 4) is 0 Å². The number of aliphatic hydroxyl groups is 1. The number of aryl methyl sites for hydroxylation is 2. The highest BCUT2D eigenvalue weighted by Gasteiger charge is 2.21. The van der Waals surface area contributed by atoms with Crippen molar-refractivity contribution in [2.75, 3.05) is 19.7 Å². The molecule has 0 aliphatic heterocycles. The minimum absolute atomic E-state index is 0.102. The molecule has 0 aromatic carbocycles. The van der Waals surface area contributed by atoms with E-state index in [0.717, 1.165) is 0 Å². The lowest BCUT2D eigenvalue weighted by Gasteiger charge is -2.20. The number of nitrogens with zero attached hydrogens (tertiary/aromatic N) is 3. The first-order valence-corrected chi connectivity index (χ1v) is 6.33. The standard InChI is InChI=1S/C14H17N3O3/c1-4-5-17(6-7-18)14(19)11-8-9(2)15-13-12(11)10(3)16-20-13/h4,8,18H,1,5-7H2,2-3H3. The zero-order chi connectivity index (χ0) is 14.7. The topological polar surface area (TPSA) is 79.5 Å². The van der Waals surface area contributed by atoms with E-state index in [9.17, 15) is 4.79 Å². The van der Waals surface area contributed by atoms with Crippen LogP contribution in [0.4, 0.5) is 0 Å². The van der Waals surface area contributed by atoms with Gasteiger partial charge in [-0.25, -0.2) is 4.98 Å². The normalized spacial score (nSPS) is 10.8. The van der Waals surface area contributed by atoms with Gasteiger partial charge in [-0.05, 0) is 19.9 Å². The van der Waals surface area contributed by atoms with E-state index < -0.39 is 0 Å². The van der Waals surface area contributed by atoms with Crippen LogP contribution < -0.4 is 0 Å². The Balaban J connectivity index is 2.52. The number of aliphatic hydroxyl groups excluding tert-OH is 1. The second-order valence-corrected chi connectivity index (χ2v) is 4.52. The Bertz CT molecular complexity index is 648. The molecule has 0 bridgehead atoms. The number of aromatic nitrogens is 2. The van der Waals surface area contributed by atoms with Crippen LogP contribution >= 0.6 is 0 Å². The lowest BCUT2D eigenvalue weighted by Crippen LogP contribution is -2.34. The van der Waals surface area contributed by atoms with Gasteiger partial charge in [-0.1, -0.05) is 11.2 Å². The number of carbonyl (C=O) groups excluding carboxylic acids is 1. The summed E-state index contributed by atoms with van der Waals surface area (Å²) < 4.78 is 5.12. The third kappa shape index (κ3) is 2.55. The van der Waals surface area contributed by atoms with Gasteiger partial charge in [0, 0.05) is 18.8 Å². The van der Waals surface area contributed by atoms with Crippen molar-refractivity contribution in [1.82, 2.24) is 15.0 Å². The molecular weight excluding hydrogens is 258 g/mol. The van der Waals surface area contributed by atoms with Crippen LogP contribution in [0.25, 0.3) is 11.1 Å². The Morgan fingerprint density at radius 1 is 1.55 bits per heavy atom. The summed E-state index contributed by atoms with van der Waals surface area (Å²) in [7, 11) is 0. The molecule has 6 nitrogen and oxygen atoms in total. The third-order valence-electron chi connectivity index (χ3n) is 2.98. The van der Waals surface area contributed by atoms with Gasteiger partial charge in [0.15, 0.2) is 0 Å². The second-order valence-electron chi connectivity index (χ2n) is 4.52. The minimum Gasteiger partial charge on any atom is -0.395 e. The first kappa shape index (κ1) is 14.2. The van der Waals surface area contributed by atoms with Crippen LogP contribution in [0.3, 0.4) is 0 Å². The summed E-state index contributed by atoms with van der Waals surface area (Å²) in [5.41, 5.74) is 2.15. The van der Waals surface area contributed by atoms with Crippen LogP contribution in [0.15, 0.2) is 23.2 Å². The highest BCUT2D eigenvalue weighted by Crippen LogP contribution is 2.23. The quantitative estimate of drug-likeness (QED) is 0.836. The van der Waals surface area contributed by atoms with E-state index in [0.29, 0.717) is 34.6 Å². The summed E-state index contributed by atoms with van der Waals surface area (Å²) in [6.07, 6.45) is 1.62. The molecule has 2 rings (SSSR count). The van der Waals surface area contributed by atoms with E-state index in [2.05, 4.69) is 16.7 Å². The number of pyridine rings is 1. The Morgan fingerprint density at radius 2 is 2.30 bits per heavy atom. The van der Waals surface area contributed by atoms with Crippen LogP contribution in [0.5, 0.6) is 0 Å². The van der Waals surface area contributed by atoms with Crippen molar-refractivity contribution in [3.63, 3.8) is 0 Å². The number of fused-ring (bicyclic) bond motifs is 1. The summed E-state index contributed by atoms with van der Waals surface area (Å²) in [5.74, 6) is -0.194. The Labute approximate surface area is 116 Å². The van der Waals surface area contributed by atoms with Crippen molar-refractivity contribution in [3.05, 3.63) is 35.7 Å². The number of carbonyl (C=O) groups is 1. The average molecular weight is 275 g/mol. The summed E-state index contributed by atoms with van der Waals surface area (Å²) in [6, 6.07) is 1.71. The van der Waals surface area contributed by atoms with Gasteiger partial charge in [0.1, 0.15) is 0 Å². The lowest BCUT2D eigenvalue weighted by atomic mass is 10.1. The molecule has 0 aliphatic rings. The maximum atomic E-state index is 12.6. The second kappa shape index (κ2) is 5.83. The number of amides is 1. The van der Waals surface area contributed by atoms with Crippen molar-refractivity contribution in [1.29, 1.82) is 0 Å². The first-order valence-electron chi connectivity index (χ1n) is 6.33. The Morgan fingerprint density at radius 3 is 2.95 bits per heavy atom. The smallest absolute Gasteiger partial charge is 0.258 e. The molecule has 0 aliphatic carbocycles. The maximum Gasteiger partial charge on any atom is 0.258 e. The molecule has 1 N–H and O–H groups in total. The fourth-order valence-corrected chi connectivity index (χ4v) is 2.11. The number of hydrogen-bond acceptors (Lipinski definition) is 5. The highest BCUT2D eigenvalue weighted by atomic mass is 16.5. The average Bonchev–Trinajstić information content (AvgIpc) is 2.78. The molecule has 1 amide bonds. The SMILES string of the molecule is C=CCN(CCO)C(=O)c1cc(C)nc2onc(C)c12. The third-order valence-corrected chi connectivity index (χ3v) is 2.98. The highest BCUT2D eigenvalue weighted by molar-refractivity contribution is 6.06. The van der Waals surface area contributed by atoms with Crippen LogP contribution in [0.1, 0.15) is 21.7 Å². The zero-order valence-electron chi connectivity index (χ0n) is 11.6. The summed E-state index contributed by atoms with van der Waals surface area (Å²) >= 11 is 0. The fourth-order valence-electron chi connectivity index (χ4n) is 2.11. The number of rotatable bonds is 5. The molecule has 6 heteroatoms. The van der Waals surface area contributed by atoms with Crippen molar-refractivity contribution in [2.24, 2.45) is 0 Å². The van der Waals surface area contributed by atoms with Crippen LogP contribution in [-0.4, -0.2) is 45.8 Å². The zero-order valence-corrected chi connectivity index (χ0v) is 11.6. The first-order chi connectivity index (χ1) is 9.58. The molecular formula is C14H17N3O3. The molecule has 0 spiro atoms. The van der Waals surface area contributed by atoms with E-state index >= 15 is 0 Å². The van der Waals surface area contributed by atoms with Gasteiger partial charge < -0.3 is 14.5 Å². The molecule has 0 saturated carbocycles. The van der Waals surface area contributed by atoms with E-state index in [-0.39, 0.29) is 19.1 Å². The molecule has 0 radical (unpaired) electrons. The summed E-state index contributed by atoms with van der Waals surface area (Å²) in [4.78, 5) is 18.4. The van der Waals surface area contributed by atoms with E-state index in [1.165, 1.54) is 4.90 Å². The monoisotopic (exact) mass is 275 g/mol. The largest absolute Gasteiger partial charge is 0.395 e. The molecule has 2 aromatic rings. The predicted octanol–water partition coefficient (Wildman–Crippen LogP) is 1.46. The van der Waals surface area contributed by atoms with Crippen molar-refractivity contribution in [2.45, 2.75) is 13.8 Å². The van der Waals surface area contributed by atoms with Gasteiger partial charge >= 0.3 is 0 Å². The molecule has 0 fully saturated rings. The molecule has 2 heterocycles. The Kier molecular flexibility index (Phi) is 4.14. The van der Waals surface area contributed by atoms with Gasteiger partial charge in [0.25, 0.3) is 11.6 Å². The van der Waals surface area contributed by atoms with Gasteiger partial charge in [0.2, 0.25) is 0 Å². The van der Waals surface area contributed by atoms with Crippen LogP contribution in [0.2, 0.25) is 0 Å². The van der Waals surface area contributed by atoms with Gasteiger partial charge in [-0.2, -0.15) is 0 Å². The van der Waals surface area contributed by atoms with Gasteiger partial charge in [-0.15, -0.1) is 6.58 Å². The maximum absolute atomic E-state index is 12.6. The minimum atomic E-state index is -0.194. The molecule has 0 unspecified atom stereocenters. The van der Waals surface area contributed by atoms with E-state index in [1.54, 1.807) is 26.0 Å². The van der Waals surface area contributed by atoms with Crippen LogP contribution in [0, 0.1) is 13.8 Å². The van der Waals surface area contributed by atoms with Crippen molar-refractivity contribution < 1.29 is 14.4 Å². The Hall–Kier alpha value is -2.21.